The molecule has 3 N–H and O–H groups in total. The van der Waals surface area contributed by atoms with Crippen LogP contribution in [0.2, 0.25) is 0 Å². The van der Waals surface area contributed by atoms with Gasteiger partial charge in [-0.05, 0) is 0 Å². The molecule has 1 aromatic rings. The first-order valence-electron chi connectivity index (χ1n) is 4.69. The molecule has 1 aromatic carbocycles. The Morgan fingerprint density at radius 1 is 1.67 bits per heavy atom. The van der Waals surface area contributed by atoms with Crippen molar-refractivity contribution in [3.8, 4) is 17.6 Å². The van der Waals surface area contributed by atoms with Crippen LogP contribution in [0.25, 0.3) is 0 Å². The molecule has 98 valence electrons. The fourth-order valence-electron chi connectivity index (χ4n) is 1.37. The summed E-state index contributed by atoms with van der Waals surface area (Å²) < 4.78 is 4.81. The van der Waals surface area contributed by atoms with Crippen LogP contribution >= 0.6 is 12.4 Å². The average Bonchev–Trinajstić information content (AvgIpc) is 2.29. The van der Waals surface area contributed by atoms with Crippen molar-refractivity contribution >= 4 is 18.1 Å². The molecule has 0 saturated heterocycles. The van der Waals surface area contributed by atoms with Crippen LogP contribution in [0, 0.1) is 21.4 Å². The van der Waals surface area contributed by atoms with Gasteiger partial charge in [0.25, 0.3) is 5.69 Å². The van der Waals surface area contributed by atoms with Gasteiger partial charge >= 0.3 is 0 Å². The van der Waals surface area contributed by atoms with Gasteiger partial charge in [0.2, 0.25) is 0 Å². The van der Waals surface area contributed by atoms with E-state index in [-0.39, 0.29) is 41.6 Å². The van der Waals surface area contributed by atoms with Gasteiger partial charge in [-0.15, -0.1) is 12.4 Å². The second-order valence-corrected chi connectivity index (χ2v) is 3.31. The lowest BCUT2D eigenvalue weighted by Gasteiger charge is -2.12. The molecular weight excluding hydrogens is 262 g/mol. The van der Waals surface area contributed by atoms with Crippen molar-refractivity contribution in [1.29, 1.82) is 5.26 Å². The molecule has 0 aliphatic heterocycles. The van der Waals surface area contributed by atoms with Gasteiger partial charge in [-0.25, -0.2) is 0 Å². The van der Waals surface area contributed by atoms with Crippen molar-refractivity contribution in [1.82, 2.24) is 0 Å². The zero-order valence-corrected chi connectivity index (χ0v) is 10.3. The summed E-state index contributed by atoms with van der Waals surface area (Å²) in [4.78, 5) is 10.1. The summed E-state index contributed by atoms with van der Waals surface area (Å²) in [6.45, 7) is 0. The molecule has 0 heterocycles. The van der Waals surface area contributed by atoms with Crippen LogP contribution in [0.3, 0.4) is 0 Å². The van der Waals surface area contributed by atoms with E-state index >= 15 is 0 Å². The number of aromatic hydroxyl groups is 1. The standard InChI is InChI=1S/C10H11N3O4.ClH/c1-17-9-5-6(13(15)16)4-7(10(9)14)8(12)2-3-11;/h4-5,8,14H,2,12H2,1H3;1H/t8-;/m1./s1. The van der Waals surface area contributed by atoms with Crippen molar-refractivity contribution < 1.29 is 14.8 Å². The summed E-state index contributed by atoms with van der Waals surface area (Å²) in [6.07, 6.45) is -0.0577. The lowest BCUT2D eigenvalue weighted by molar-refractivity contribution is -0.385. The number of hydrogen-bond donors (Lipinski definition) is 2. The molecule has 8 heteroatoms. The molecule has 7 nitrogen and oxygen atoms in total. The number of hydrogen-bond acceptors (Lipinski definition) is 6. The van der Waals surface area contributed by atoms with Crippen LogP contribution in [0.4, 0.5) is 5.69 Å². The second-order valence-electron chi connectivity index (χ2n) is 3.31. The Balaban J connectivity index is 0.00000289. The van der Waals surface area contributed by atoms with Gasteiger partial charge in [-0.3, -0.25) is 10.1 Å². The predicted molar refractivity (Wildman–Crippen MR) is 65.7 cm³/mol. The van der Waals surface area contributed by atoms with Crippen molar-refractivity contribution in [2.75, 3.05) is 7.11 Å². The number of nitro groups is 1. The fraction of sp³-hybridized carbons (Fsp3) is 0.300. The van der Waals surface area contributed by atoms with Crippen LogP contribution in [0.15, 0.2) is 12.1 Å². The number of ether oxygens (including phenoxy) is 1. The van der Waals surface area contributed by atoms with E-state index in [4.69, 9.17) is 15.7 Å². The van der Waals surface area contributed by atoms with Crippen LogP contribution in [0.5, 0.6) is 11.5 Å². The van der Waals surface area contributed by atoms with Gasteiger partial charge in [0.15, 0.2) is 11.5 Å². The number of rotatable bonds is 4. The van der Waals surface area contributed by atoms with Gasteiger partial charge in [-0.1, -0.05) is 0 Å². The molecule has 0 amide bonds. The van der Waals surface area contributed by atoms with Crippen LogP contribution in [-0.4, -0.2) is 17.1 Å². The van der Waals surface area contributed by atoms with Gasteiger partial charge in [0.05, 0.1) is 30.6 Å². The van der Waals surface area contributed by atoms with E-state index in [0.29, 0.717) is 0 Å². The number of phenols is 1. The average molecular weight is 274 g/mol. The van der Waals surface area contributed by atoms with Gasteiger partial charge in [-0.2, -0.15) is 5.26 Å². The van der Waals surface area contributed by atoms with Gasteiger partial charge in [0.1, 0.15) is 0 Å². The molecule has 0 spiro atoms. The molecule has 1 rings (SSSR count). The number of nitrogens with zero attached hydrogens (tertiary/aromatic N) is 2. The zero-order valence-electron chi connectivity index (χ0n) is 9.49. The summed E-state index contributed by atoms with van der Waals surface area (Å²) in [5, 5.41) is 28.9. The number of nitro benzene ring substituents is 1. The molecule has 0 radical (unpaired) electrons. The number of halogens is 1. The summed E-state index contributed by atoms with van der Waals surface area (Å²) in [5.41, 5.74) is 5.51. The van der Waals surface area contributed by atoms with E-state index in [0.717, 1.165) is 12.1 Å². The third kappa shape index (κ3) is 3.23. The topological polar surface area (TPSA) is 122 Å². The molecule has 0 aliphatic rings. The highest BCUT2D eigenvalue weighted by Gasteiger charge is 2.20. The quantitative estimate of drug-likeness (QED) is 0.635. The second kappa shape index (κ2) is 6.64. The van der Waals surface area contributed by atoms with Crippen molar-refractivity contribution in [3.05, 3.63) is 27.8 Å². The molecule has 0 aromatic heterocycles. The van der Waals surface area contributed by atoms with E-state index in [2.05, 4.69) is 0 Å². The first kappa shape index (κ1) is 16.0. The Hall–Kier alpha value is -2.04. The fourth-order valence-corrected chi connectivity index (χ4v) is 1.37. The zero-order chi connectivity index (χ0) is 13.0. The SMILES string of the molecule is COc1cc([N+](=O)[O-])cc([C@H](N)CC#N)c1O.Cl. The number of nitrogens with two attached hydrogens (primary N) is 1. The maximum Gasteiger partial charge on any atom is 0.273 e. The van der Waals surface area contributed by atoms with Crippen molar-refractivity contribution in [2.45, 2.75) is 12.5 Å². The number of methoxy groups -OCH3 is 1. The number of benzene rings is 1. The minimum atomic E-state index is -0.797. The monoisotopic (exact) mass is 273 g/mol. The summed E-state index contributed by atoms with van der Waals surface area (Å²) in [7, 11) is 1.28. The molecular formula is C10H12ClN3O4. The molecule has 0 fully saturated rings. The Morgan fingerprint density at radius 3 is 2.72 bits per heavy atom. The van der Waals surface area contributed by atoms with Gasteiger partial charge < -0.3 is 15.6 Å². The maximum absolute atomic E-state index is 10.7. The Bertz CT molecular complexity index is 487. The van der Waals surface area contributed by atoms with Crippen molar-refractivity contribution in [2.24, 2.45) is 5.73 Å². The summed E-state index contributed by atoms with van der Waals surface area (Å²) in [6, 6.07) is 3.27. The minimum Gasteiger partial charge on any atom is -0.504 e. The number of phenolic OH excluding ortho intramolecular Hbond substituents is 1. The first-order valence-corrected chi connectivity index (χ1v) is 4.69. The largest absolute Gasteiger partial charge is 0.504 e. The Kier molecular flexibility index (Phi) is 5.88. The third-order valence-corrected chi connectivity index (χ3v) is 2.23. The van der Waals surface area contributed by atoms with E-state index in [1.54, 1.807) is 0 Å². The molecule has 1 atom stereocenters. The lowest BCUT2D eigenvalue weighted by Crippen LogP contribution is -2.10. The summed E-state index contributed by atoms with van der Waals surface area (Å²) >= 11 is 0. The maximum atomic E-state index is 10.7. The van der Waals surface area contributed by atoms with E-state index < -0.39 is 11.0 Å². The highest BCUT2D eigenvalue weighted by atomic mass is 35.5. The van der Waals surface area contributed by atoms with E-state index in [1.165, 1.54) is 7.11 Å². The summed E-state index contributed by atoms with van der Waals surface area (Å²) in [5.74, 6) is -0.316. The van der Waals surface area contributed by atoms with Crippen LogP contribution in [0.1, 0.15) is 18.0 Å². The minimum absolute atomic E-state index is 0. The highest BCUT2D eigenvalue weighted by molar-refractivity contribution is 5.85. The number of nitriles is 1. The highest BCUT2D eigenvalue weighted by Crippen LogP contribution is 2.37. The van der Waals surface area contributed by atoms with Crippen LogP contribution in [-0.2, 0) is 0 Å². The molecule has 0 unspecified atom stereocenters. The van der Waals surface area contributed by atoms with Crippen LogP contribution < -0.4 is 10.5 Å². The van der Waals surface area contributed by atoms with E-state index in [9.17, 15) is 15.2 Å². The predicted octanol–water partition coefficient (Wildman–Crippen LogP) is 1.64. The first-order chi connectivity index (χ1) is 8.01. The number of non-ortho nitro benzene ring substituents is 1. The Labute approximate surface area is 109 Å². The third-order valence-electron chi connectivity index (χ3n) is 2.23. The molecule has 0 aliphatic carbocycles. The lowest BCUT2D eigenvalue weighted by atomic mass is 10.0. The molecule has 18 heavy (non-hydrogen) atoms. The smallest absolute Gasteiger partial charge is 0.273 e. The Morgan fingerprint density at radius 2 is 2.28 bits per heavy atom. The van der Waals surface area contributed by atoms with Gasteiger partial charge in [0, 0.05) is 17.7 Å². The molecule has 0 saturated carbocycles. The van der Waals surface area contributed by atoms with Crippen molar-refractivity contribution in [3.63, 3.8) is 0 Å². The normalized spacial score (nSPS) is 10.9. The van der Waals surface area contributed by atoms with E-state index in [1.807, 2.05) is 6.07 Å². The molecule has 0 bridgehead atoms.